The molecular formula is C18H12NNaO5S. The van der Waals surface area contributed by atoms with Crippen LogP contribution in [0.15, 0.2) is 78.5 Å². The van der Waals surface area contributed by atoms with Crippen LogP contribution in [0.4, 0.5) is 0 Å². The van der Waals surface area contributed by atoms with Crippen LogP contribution in [-0.4, -0.2) is 23.7 Å². The first-order valence-corrected chi connectivity index (χ1v) is 8.57. The minimum atomic E-state index is -4.82. The standard InChI is InChI=1S/C18H13NO5S.Na/c20-15-8-4-13(5-9-15)18(17-3-1-2-12-19-17)14-6-10-16(11-7-14)24-25(21,22)23;/h1-12H,(H,21,22,23);/q;+1/p-1. The maximum atomic E-state index is 11.4. The van der Waals surface area contributed by atoms with Crippen LogP contribution >= 0.6 is 0 Å². The van der Waals surface area contributed by atoms with Crippen molar-refractivity contribution in [2.75, 3.05) is 0 Å². The van der Waals surface area contributed by atoms with Gasteiger partial charge in [0.05, 0.1) is 5.69 Å². The van der Waals surface area contributed by atoms with E-state index in [1.54, 1.807) is 36.5 Å². The SMILES string of the molecule is O=C1C=CC(=C(c2ccc(OS(=O)(=O)[O-])cc2)c2ccccn2)C=C1.[Na+]. The summed E-state index contributed by atoms with van der Waals surface area (Å²) in [7, 11) is -4.82. The molecule has 1 aliphatic carbocycles. The van der Waals surface area contributed by atoms with Crippen molar-refractivity contribution in [3.8, 4) is 5.75 Å². The van der Waals surface area contributed by atoms with E-state index in [0.29, 0.717) is 5.69 Å². The third-order valence-corrected chi connectivity index (χ3v) is 3.80. The van der Waals surface area contributed by atoms with Gasteiger partial charge in [-0.1, -0.05) is 30.4 Å². The molecule has 0 atom stereocenters. The fourth-order valence-corrected chi connectivity index (χ4v) is 2.74. The summed E-state index contributed by atoms with van der Waals surface area (Å²) in [6.45, 7) is 0. The third kappa shape index (κ3) is 5.23. The molecular weight excluding hydrogens is 365 g/mol. The van der Waals surface area contributed by atoms with Gasteiger partial charge in [-0.15, -0.1) is 0 Å². The zero-order chi connectivity index (χ0) is 17.9. The molecule has 0 bridgehead atoms. The number of ketones is 1. The fourth-order valence-electron chi connectivity index (χ4n) is 2.39. The van der Waals surface area contributed by atoms with Crippen molar-refractivity contribution in [3.05, 3.63) is 89.8 Å². The van der Waals surface area contributed by atoms with E-state index < -0.39 is 10.4 Å². The van der Waals surface area contributed by atoms with Gasteiger partial charge in [-0.3, -0.25) is 9.78 Å². The van der Waals surface area contributed by atoms with E-state index in [-0.39, 0.29) is 41.1 Å². The Morgan fingerprint density at radius 1 is 0.962 bits per heavy atom. The number of aromatic nitrogens is 1. The second-order valence-corrected chi connectivity index (χ2v) is 6.11. The van der Waals surface area contributed by atoms with Gasteiger partial charge in [0.15, 0.2) is 5.78 Å². The third-order valence-electron chi connectivity index (χ3n) is 3.41. The molecule has 0 N–H and O–H groups in total. The molecule has 0 unspecified atom stereocenters. The van der Waals surface area contributed by atoms with Crippen LogP contribution in [0, 0.1) is 0 Å². The minimum absolute atomic E-state index is 0. The van der Waals surface area contributed by atoms with Crippen molar-refractivity contribution >= 4 is 21.8 Å². The second-order valence-electron chi connectivity index (χ2n) is 5.13. The molecule has 1 heterocycles. The molecule has 3 rings (SSSR count). The molecule has 0 saturated heterocycles. The Morgan fingerprint density at radius 2 is 1.62 bits per heavy atom. The molecule has 0 aliphatic heterocycles. The summed E-state index contributed by atoms with van der Waals surface area (Å²) in [5, 5.41) is 0. The number of carbonyl (C=O) groups is 1. The summed E-state index contributed by atoms with van der Waals surface area (Å²) in [6, 6.07) is 11.5. The first kappa shape index (κ1) is 20.3. The van der Waals surface area contributed by atoms with Gasteiger partial charge in [0.25, 0.3) is 10.4 Å². The van der Waals surface area contributed by atoms with Gasteiger partial charge in [0.2, 0.25) is 0 Å². The van der Waals surface area contributed by atoms with Gasteiger partial charge in [-0.25, -0.2) is 8.42 Å². The summed E-state index contributed by atoms with van der Waals surface area (Å²) in [5.41, 5.74) is 2.96. The molecule has 126 valence electrons. The molecule has 0 spiro atoms. The van der Waals surface area contributed by atoms with Gasteiger partial charge in [0, 0.05) is 11.8 Å². The second kappa shape index (κ2) is 8.57. The number of pyridine rings is 1. The average Bonchev–Trinajstić information content (AvgIpc) is 2.58. The molecule has 1 aliphatic rings. The molecule has 6 nitrogen and oxygen atoms in total. The number of hydrogen-bond acceptors (Lipinski definition) is 6. The van der Waals surface area contributed by atoms with Gasteiger partial charge < -0.3 is 8.74 Å². The topological polar surface area (TPSA) is 96.4 Å². The molecule has 0 saturated carbocycles. The van der Waals surface area contributed by atoms with Crippen LogP contribution in [0.2, 0.25) is 0 Å². The number of carbonyl (C=O) groups excluding carboxylic acids is 1. The Morgan fingerprint density at radius 3 is 2.15 bits per heavy atom. The first-order valence-electron chi connectivity index (χ1n) is 7.24. The maximum absolute atomic E-state index is 11.4. The van der Waals surface area contributed by atoms with Crippen molar-refractivity contribution in [2.45, 2.75) is 0 Å². The van der Waals surface area contributed by atoms with Crippen molar-refractivity contribution in [1.82, 2.24) is 4.98 Å². The average molecular weight is 377 g/mol. The van der Waals surface area contributed by atoms with Crippen LogP contribution < -0.4 is 33.7 Å². The van der Waals surface area contributed by atoms with E-state index in [4.69, 9.17) is 0 Å². The van der Waals surface area contributed by atoms with Gasteiger partial charge in [-0.05, 0) is 47.6 Å². The molecule has 0 fully saturated rings. The summed E-state index contributed by atoms with van der Waals surface area (Å²) in [5.74, 6) is -0.178. The molecule has 1 aromatic carbocycles. The Labute approximate surface area is 173 Å². The van der Waals surface area contributed by atoms with E-state index in [0.717, 1.165) is 16.7 Å². The predicted molar refractivity (Wildman–Crippen MR) is 90.3 cm³/mol. The maximum Gasteiger partial charge on any atom is 1.00 e. The number of hydrogen-bond donors (Lipinski definition) is 0. The molecule has 8 heteroatoms. The minimum Gasteiger partial charge on any atom is -0.716 e. The van der Waals surface area contributed by atoms with Gasteiger partial charge in [0.1, 0.15) is 5.75 Å². The largest absolute Gasteiger partial charge is 1.00 e. The van der Waals surface area contributed by atoms with Gasteiger partial charge >= 0.3 is 29.6 Å². The summed E-state index contributed by atoms with van der Waals surface area (Å²) in [6.07, 6.45) is 7.95. The van der Waals surface area contributed by atoms with Gasteiger partial charge in [-0.2, -0.15) is 0 Å². The van der Waals surface area contributed by atoms with Crippen LogP contribution in [-0.2, 0) is 15.2 Å². The molecule has 0 radical (unpaired) electrons. The van der Waals surface area contributed by atoms with Crippen molar-refractivity contribution < 1.29 is 51.5 Å². The van der Waals surface area contributed by atoms with E-state index in [1.807, 2.05) is 12.1 Å². The van der Waals surface area contributed by atoms with E-state index in [2.05, 4.69) is 9.17 Å². The van der Waals surface area contributed by atoms with Crippen LogP contribution in [0.5, 0.6) is 5.75 Å². The fraction of sp³-hybridized carbons (Fsp3) is 0. The quantitative estimate of drug-likeness (QED) is 0.402. The zero-order valence-electron chi connectivity index (χ0n) is 13.8. The normalized spacial score (nSPS) is 13.3. The number of nitrogens with zero attached hydrogens (tertiary/aromatic N) is 1. The van der Waals surface area contributed by atoms with Crippen LogP contribution in [0.3, 0.4) is 0 Å². The van der Waals surface area contributed by atoms with Crippen molar-refractivity contribution in [2.24, 2.45) is 0 Å². The van der Waals surface area contributed by atoms with Crippen molar-refractivity contribution in [3.63, 3.8) is 0 Å². The Balaban J connectivity index is 0.00000243. The smallest absolute Gasteiger partial charge is 0.716 e. The Bertz CT molecular complexity index is 976. The summed E-state index contributed by atoms with van der Waals surface area (Å²) >= 11 is 0. The van der Waals surface area contributed by atoms with E-state index >= 15 is 0 Å². The van der Waals surface area contributed by atoms with E-state index in [9.17, 15) is 17.8 Å². The monoisotopic (exact) mass is 377 g/mol. The number of benzene rings is 1. The zero-order valence-corrected chi connectivity index (χ0v) is 16.6. The first-order chi connectivity index (χ1) is 11.9. The Kier molecular flexibility index (Phi) is 6.69. The van der Waals surface area contributed by atoms with Crippen LogP contribution in [0.1, 0.15) is 11.3 Å². The Hall–Kier alpha value is -2.03. The number of allylic oxidation sites excluding steroid dienone is 5. The molecule has 1 aromatic heterocycles. The van der Waals surface area contributed by atoms with Crippen LogP contribution in [0.25, 0.3) is 5.57 Å². The molecule has 0 amide bonds. The predicted octanol–water partition coefficient (Wildman–Crippen LogP) is -0.578. The van der Waals surface area contributed by atoms with E-state index in [1.165, 1.54) is 24.3 Å². The molecule has 2 aromatic rings. The summed E-state index contributed by atoms with van der Waals surface area (Å²) < 4.78 is 36.3. The summed E-state index contributed by atoms with van der Waals surface area (Å²) in [4.78, 5) is 15.7. The molecule has 26 heavy (non-hydrogen) atoms. The van der Waals surface area contributed by atoms with Crippen molar-refractivity contribution in [1.29, 1.82) is 0 Å². The number of rotatable bonds is 4.